The van der Waals surface area contributed by atoms with E-state index in [2.05, 4.69) is 5.32 Å². The van der Waals surface area contributed by atoms with Crippen LogP contribution in [0.15, 0.2) is 66.7 Å². The molecule has 0 fully saturated rings. The number of fused-ring (bicyclic) bond motifs is 1. The number of nitrogens with zero attached hydrogens (tertiary/aromatic N) is 1. The van der Waals surface area contributed by atoms with E-state index in [1.807, 2.05) is 38.1 Å². The smallest absolute Gasteiger partial charge is 0.265 e. The zero-order valence-electron chi connectivity index (χ0n) is 20.8. The molecule has 1 heterocycles. The Morgan fingerprint density at radius 3 is 2.47 bits per heavy atom. The first-order valence-electron chi connectivity index (χ1n) is 12.2. The Kier molecular flexibility index (Phi) is 7.88. The van der Waals surface area contributed by atoms with E-state index in [0.717, 1.165) is 11.1 Å². The Hall–Kier alpha value is -3.87. The maximum absolute atomic E-state index is 14.1. The van der Waals surface area contributed by atoms with Crippen molar-refractivity contribution in [1.29, 1.82) is 0 Å². The molecule has 7 heteroatoms. The summed E-state index contributed by atoms with van der Waals surface area (Å²) in [7, 11) is 1.59. The summed E-state index contributed by atoms with van der Waals surface area (Å²) in [5.74, 6) is 0.625. The SMILES string of the molecule is CCC(=O)N1CCc2ccc(O[C@H](CC)C(=O)Nc3ccc(OC)cc3)cc2[C@@H]1c1cccc(F)c1. The van der Waals surface area contributed by atoms with Crippen molar-refractivity contribution in [2.45, 2.75) is 45.3 Å². The number of hydrogen-bond acceptors (Lipinski definition) is 4. The predicted molar refractivity (Wildman–Crippen MR) is 137 cm³/mol. The van der Waals surface area contributed by atoms with Crippen molar-refractivity contribution < 1.29 is 23.5 Å². The molecule has 36 heavy (non-hydrogen) atoms. The van der Waals surface area contributed by atoms with Gasteiger partial charge in [0.2, 0.25) is 5.91 Å². The van der Waals surface area contributed by atoms with Crippen LogP contribution in [0.25, 0.3) is 0 Å². The second kappa shape index (κ2) is 11.2. The largest absolute Gasteiger partial charge is 0.497 e. The maximum Gasteiger partial charge on any atom is 0.265 e. The highest BCUT2D eigenvalue weighted by Crippen LogP contribution is 2.38. The van der Waals surface area contributed by atoms with E-state index in [4.69, 9.17) is 9.47 Å². The highest BCUT2D eigenvalue weighted by molar-refractivity contribution is 5.94. The topological polar surface area (TPSA) is 67.9 Å². The molecule has 6 nitrogen and oxygen atoms in total. The van der Waals surface area contributed by atoms with Crippen LogP contribution < -0.4 is 14.8 Å². The average Bonchev–Trinajstić information content (AvgIpc) is 2.90. The Morgan fingerprint density at radius 2 is 1.81 bits per heavy atom. The molecule has 0 aromatic heterocycles. The maximum atomic E-state index is 14.1. The lowest BCUT2D eigenvalue weighted by atomic mass is 9.87. The number of nitrogens with one attached hydrogen (secondary N) is 1. The molecule has 1 aliphatic heterocycles. The molecule has 0 spiro atoms. The molecule has 4 rings (SSSR count). The quantitative estimate of drug-likeness (QED) is 0.452. The zero-order valence-corrected chi connectivity index (χ0v) is 20.8. The molecule has 0 unspecified atom stereocenters. The van der Waals surface area contributed by atoms with Gasteiger partial charge in [0.1, 0.15) is 17.3 Å². The molecule has 3 aromatic rings. The van der Waals surface area contributed by atoms with Crippen LogP contribution in [0.4, 0.5) is 10.1 Å². The van der Waals surface area contributed by atoms with Gasteiger partial charge in [0, 0.05) is 18.7 Å². The van der Waals surface area contributed by atoms with Gasteiger partial charge in [0.15, 0.2) is 6.10 Å². The van der Waals surface area contributed by atoms with E-state index in [1.165, 1.54) is 12.1 Å². The Labute approximate surface area is 211 Å². The van der Waals surface area contributed by atoms with Gasteiger partial charge < -0.3 is 19.7 Å². The van der Waals surface area contributed by atoms with Crippen molar-refractivity contribution in [2.75, 3.05) is 19.0 Å². The molecule has 2 amide bonds. The van der Waals surface area contributed by atoms with Gasteiger partial charge in [-0.3, -0.25) is 9.59 Å². The van der Waals surface area contributed by atoms with Gasteiger partial charge in [-0.05, 0) is 78.1 Å². The summed E-state index contributed by atoms with van der Waals surface area (Å²) in [6.45, 7) is 4.27. The number of anilines is 1. The molecule has 2 atom stereocenters. The van der Waals surface area contributed by atoms with Crippen LogP contribution in [0.3, 0.4) is 0 Å². The number of ether oxygens (including phenoxy) is 2. The van der Waals surface area contributed by atoms with Crippen LogP contribution in [0.5, 0.6) is 11.5 Å². The average molecular weight is 491 g/mol. The van der Waals surface area contributed by atoms with E-state index in [0.29, 0.717) is 48.6 Å². The minimum absolute atomic E-state index is 0.00605. The van der Waals surface area contributed by atoms with Gasteiger partial charge in [0.25, 0.3) is 5.91 Å². The summed E-state index contributed by atoms with van der Waals surface area (Å²) >= 11 is 0. The first-order chi connectivity index (χ1) is 17.4. The van der Waals surface area contributed by atoms with Crippen LogP contribution >= 0.6 is 0 Å². The van der Waals surface area contributed by atoms with Crippen LogP contribution in [0.1, 0.15) is 49.4 Å². The van der Waals surface area contributed by atoms with Gasteiger partial charge in [-0.1, -0.05) is 32.0 Å². The predicted octanol–water partition coefficient (Wildman–Crippen LogP) is 5.51. The molecular weight excluding hydrogens is 459 g/mol. The molecule has 188 valence electrons. The summed E-state index contributed by atoms with van der Waals surface area (Å²) in [5.41, 5.74) is 3.32. The second-order valence-corrected chi connectivity index (χ2v) is 8.74. The van der Waals surface area contributed by atoms with E-state index < -0.39 is 12.1 Å². The molecule has 1 N–H and O–H groups in total. The van der Waals surface area contributed by atoms with E-state index in [9.17, 15) is 14.0 Å². The van der Waals surface area contributed by atoms with E-state index in [1.54, 1.807) is 42.3 Å². The lowest BCUT2D eigenvalue weighted by molar-refractivity contribution is -0.133. The Balaban J connectivity index is 1.60. The number of amides is 2. The fourth-order valence-corrected chi connectivity index (χ4v) is 4.56. The lowest BCUT2D eigenvalue weighted by Gasteiger charge is -2.38. The molecule has 0 radical (unpaired) electrons. The summed E-state index contributed by atoms with van der Waals surface area (Å²) in [4.78, 5) is 27.5. The highest BCUT2D eigenvalue weighted by atomic mass is 19.1. The van der Waals surface area contributed by atoms with Gasteiger partial charge in [-0.2, -0.15) is 0 Å². The van der Waals surface area contributed by atoms with Crippen molar-refractivity contribution in [3.63, 3.8) is 0 Å². The molecule has 0 aliphatic carbocycles. The van der Waals surface area contributed by atoms with Crippen molar-refractivity contribution in [3.05, 3.63) is 89.2 Å². The van der Waals surface area contributed by atoms with E-state index >= 15 is 0 Å². The third-order valence-corrected chi connectivity index (χ3v) is 6.43. The molecule has 1 aliphatic rings. The number of hydrogen-bond donors (Lipinski definition) is 1. The standard InChI is InChI=1S/C29H31FN2O4/c1-4-26(29(34)31-22-10-13-23(35-3)14-11-22)36-24-12-9-19-15-16-32(27(33)5-2)28(25(19)18-24)20-7-6-8-21(30)17-20/h6-14,17-18,26,28H,4-5,15-16H2,1-3H3,(H,31,34)/t26-,28+/m1/s1. The van der Waals surface area contributed by atoms with E-state index in [-0.39, 0.29) is 17.6 Å². The van der Waals surface area contributed by atoms with Gasteiger partial charge in [0.05, 0.1) is 13.2 Å². The van der Waals surface area contributed by atoms with Crippen molar-refractivity contribution in [2.24, 2.45) is 0 Å². The normalized spacial score (nSPS) is 15.6. The van der Waals surface area contributed by atoms with Gasteiger partial charge >= 0.3 is 0 Å². The van der Waals surface area contributed by atoms with Crippen LogP contribution in [-0.2, 0) is 16.0 Å². The van der Waals surface area contributed by atoms with Crippen molar-refractivity contribution >= 4 is 17.5 Å². The molecule has 0 saturated carbocycles. The molecule has 0 bridgehead atoms. The molecule has 0 saturated heterocycles. The number of halogens is 1. The lowest BCUT2D eigenvalue weighted by Crippen LogP contribution is -2.40. The number of rotatable bonds is 8. The molecular formula is C29H31FN2O4. The first-order valence-corrected chi connectivity index (χ1v) is 12.2. The minimum Gasteiger partial charge on any atom is -0.497 e. The zero-order chi connectivity index (χ0) is 25.7. The third-order valence-electron chi connectivity index (χ3n) is 6.43. The number of benzene rings is 3. The Morgan fingerprint density at radius 1 is 1.06 bits per heavy atom. The summed E-state index contributed by atoms with van der Waals surface area (Å²) in [6, 6.07) is 18.7. The van der Waals surface area contributed by atoms with Crippen LogP contribution in [0, 0.1) is 5.82 Å². The van der Waals surface area contributed by atoms with Crippen LogP contribution in [0.2, 0.25) is 0 Å². The third kappa shape index (κ3) is 5.51. The summed E-state index contributed by atoms with van der Waals surface area (Å²) in [6.07, 6.45) is 0.811. The van der Waals surface area contributed by atoms with Gasteiger partial charge in [-0.25, -0.2) is 4.39 Å². The number of carbonyl (C=O) groups is 2. The fraction of sp³-hybridized carbons (Fsp3) is 0.310. The molecule has 3 aromatic carbocycles. The summed E-state index contributed by atoms with van der Waals surface area (Å²) in [5, 5.41) is 2.88. The number of methoxy groups -OCH3 is 1. The Bertz CT molecular complexity index is 1230. The minimum atomic E-state index is -0.713. The fourth-order valence-electron chi connectivity index (χ4n) is 4.56. The first kappa shape index (κ1) is 25.2. The number of carbonyl (C=O) groups excluding carboxylic acids is 2. The van der Waals surface area contributed by atoms with Crippen molar-refractivity contribution in [1.82, 2.24) is 4.90 Å². The monoisotopic (exact) mass is 490 g/mol. The summed E-state index contributed by atoms with van der Waals surface area (Å²) < 4.78 is 25.4. The highest BCUT2D eigenvalue weighted by Gasteiger charge is 2.32. The second-order valence-electron chi connectivity index (χ2n) is 8.74. The van der Waals surface area contributed by atoms with Crippen molar-refractivity contribution in [3.8, 4) is 11.5 Å². The van der Waals surface area contributed by atoms with Gasteiger partial charge in [-0.15, -0.1) is 0 Å². The van der Waals surface area contributed by atoms with Crippen LogP contribution in [-0.4, -0.2) is 36.5 Å².